The molecule has 2 aromatic rings. The summed E-state index contributed by atoms with van der Waals surface area (Å²) in [6.07, 6.45) is 8.33. The highest BCUT2D eigenvalue weighted by Gasteiger charge is 2.32. The third-order valence-corrected chi connectivity index (χ3v) is 4.50. The maximum absolute atomic E-state index is 11.2. The van der Waals surface area contributed by atoms with Crippen LogP contribution in [0.2, 0.25) is 0 Å². The van der Waals surface area contributed by atoms with Crippen LogP contribution in [0, 0.1) is 0 Å². The summed E-state index contributed by atoms with van der Waals surface area (Å²) < 4.78 is 0.959. The molecule has 1 aromatic carbocycles. The van der Waals surface area contributed by atoms with Crippen molar-refractivity contribution >= 4 is 15.9 Å². The second-order valence-corrected chi connectivity index (χ2v) is 6.50. The van der Waals surface area contributed by atoms with Gasteiger partial charge in [0.15, 0.2) is 0 Å². The van der Waals surface area contributed by atoms with Gasteiger partial charge in [-0.3, -0.25) is 4.98 Å². The minimum atomic E-state index is -0.768. The van der Waals surface area contributed by atoms with E-state index in [-0.39, 0.29) is 0 Å². The molecule has 0 saturated carbocycles. The molecule has 2 nitrogen and oxygen atoms in total. The first-order chi connectivity index (χ1) is 9.67. The number of fused-ring (bicyclic) bond motifs is 1. The zero-order valence-corrected chi connectivity index (χ0v) is 12.9. The largest absolute Gasteiger partial charge is 0.385 e. The van der Waals surface area contributed by atoms with Crippen LogP contribution in [0.3, 0.4) is 0 Å². The number of hydrogen-bond donors (Lipinski definition) is 1. The zero-order chi connectivity index (χ0) is 14.0. The van der Waals surface area contributed by atoms with E-state index < -0.39 is 5.60 Å². The molecule has 0 spiro atoms. The van der Waals surface area contributed by atoms with E-state index in [0.717, 1.165) is 41.3 Å². The van der Waals surface area contributed by atoms with Gasteiger partial charge in [0.2, 0.25) is 0 Å². The predicted octanol–water partition coefficient (Wildman–Crippen LogP) is 4.00. The van der Waals surface area contributed by atoms with Crippen LogP contribution in [0.1, 0.15) is 36.0 Å². The first kappa shape index (κ1) is 13.8. The molecule has 1 aliphatic rings. The number of hydrogen-bond acceptors (Lipinski definition) is 2. The number of pyridine rings is 1. The van der Waals surface area contributed by atoms with E-state index in [1.54, 1.807) is 6.20 Å². The van der Waals surface area contributed by atoms with Crippen LogP contribution in [-0.2, 0) is 18.4 Å². The van der Waals surface area contributed by atoms with E-state index in [2.05, 4.69) is 39.1 Å². The third kappa shape index (κ3) is 2.79. The summed E-state index contributed by atoms with van der Waals surface area (Å²) in [7, 11) is 0. The molecule has 0 amide bonds. The minimum absolute atomic E-state index is 0.621. The number of halogens is 1. The number of benzene rings is 1. The molecular weight excluding hydrogens is 314 g/mol. The van der Waals surface area contributed by atoms with Gasteiger partial charge in [-0.2, -0.15) is 0 Å². The van der Waals surface area contributed by atoms with Crippen molar-refractivity contribution in [2.24, 2.45) is 0 Å². The zero-order valence-electron chi connectivity index (χ0n) is 11.3. The van der Waals surface area contributed by atoms with Crippen LogP contribution in [0.4, 0.5) is 0 Å². The van der Waals surface area contributed by atoms with Crippen LogP contribution >= 0.6 is 15.9 Å². The van der Waals surface area contributed by atoms with E-state index >= 15 is 0 Å². The minimum Gasteiger partial charge on any atom is -0.385 e. The van der Waals surface area contributed by atoms with Crippen molar-refractivity contribution in [3.8, 4) is 0 Å². The summed E-state index contributed by atoms with van der Waals surface area (Å²) in [6, 6.07) is 10.3. The monoisotopic (exact) mass is 331 g/mol. The second-order valence-electron chi connectivity index (χ2n) is 5.58. The van der Waals surface area contributed by atoms with Crippen molar-refractivity contribution in [3.63, 3.8) is 0 Å². The molecule has 0 aliphatic heterocycles. The molecule has 0 saturated heterocycles. The fourth-order valence-electron chi connectivity index (χ4n) is 3.13. The predicted molar refractivity (Wildman–Crippen MR) is 83.5 cm³/mol. The Balaban J connectivity index is 1.98. The van der Waals surface area contributed by atoms with E-state index in [0.29, 0.717) is 6.42 Å². The van der Waals surface area contributed by atoms with Gasteiger partial charge in [0, 0.05) is 23.3 Å². The lowest BCUT2D eigenvalue weighted by Crippen LogP contribution is -2.29. The number of aryl methyl sites for hydroxylation is 1. The highest BCUT2D eigenvalue weighted by atomic mass is 79.9. The Morgan fingerprint density at radius 1 is 1.20 bits per heavy atom. The Kier molecular flexibility index (Phi) is 3.90. The van der Waals surface area contributed by atoms with Gasteiger partial charge in [0.05, 0.1) is 5.60 Å². The molecule has 1 atom stereocenters. The molecule has 1 N–H and O–H groups in total. The van der Waals surface area contributed by atoms with Crippen LogP contribution < -0.4 is 0 Å². The van der Waals surface area contributed by atoms with E-state index in [1.165, 1.54) is 5.56 Å². The lowest BCUT2D eigenvalue weighted by Gasteiger charge is -2.29. The molecule has 1 aromatic heterocycles. The average molecular weight is 332 g/mol. The highest BCUT2D eigenvalue weighted by Crippen LogP contribution is 2.36. The fraction of sp³-hybridized carbons (Fsp3) is 0.353. The molecule has 104 valence electrons. The molecule has 3 rings (SSSR count). The number of rotatable bonds is 2. The normalized spacial score (nSPS) is 22.1. The summed E-state index contributed by atoms with van der Waals surface area (Å²) in [6.45, 7) is 0. The average Bonchev–Trinajstić information content (AvgIpc) is 2.59. The maximum Gasteiger partial charge on any atom is 0.0939 e. The smallest absolute Gasteiger partial charge is 0.0939 e. The van der Waals surface area contributed by atoms with E-state index in [4.69, 9.17) is 0 Å². The second kappa shape index (κ2) is 5.66. The molecule has 20 heavy (non-hydrogen) atoms. The Hall–Kier alpha value is -1.19. The van der Waals surface area contributed by atoms with Crippen molar-refractivity contribution in [2.45, 2.75) is 37.7 Å². The molecule has 1 heterocycles. The lowest BCUT2D eigenvalue weighted by molar-refractivity contribution is 0.0271. The summed E-state index contributed by atoms with van der Waals surface area (Å²) in [4.78, 5) is 4.20. The van der Waals surface area contributed by atoms with Gasteiger partial charge >= 0.3 is 0 Å². The van der Waals surface area contributed by atoms with E-state index in [9.17, 15) is 5.11 Å². The summed E-state index contributed by atoms with van der Waals surface area (Å²) in [5.41, 5.74) is 2.68. The van der Waals surface area contributed by atoms with Crippen molar-refractivity contribution in [1.29, 1.82) is 0 Å². The molecule has 0 bridgehead atoms. The Morgan fingerprint density at radius 2 is 2.05 bits per heavy atom. The highest BCUT2D eigenvalue weighted by molar-refractivity contribution is 9.10. The Morgan fingerprint density at radius 3 is 2.90 bits per heavy atom. The summed E-state index contributed by atoms with van der Waals surface area (Å²) in [5.74, 6) is 0. The lowest BCUT2D eigenvalue weighted by atomic mass is 9.83. The molecule has 3 heteroatoms. The molecule has 0 fully saturated rings. The van der Waals surface area contributed by atoms with Gasteiger partial charge < -0.3 is 5.11 Å². The van der Waals surface area contributed by atoms with Crippen molar-refractivity contribution in [1.82, 2.24) is 4.98 Å². The van der Waals surface area contributed by atoms with Crippen molar-refractivity contribution in [2.75, 3.05) is 0 Å². The standard InChI is InChI=1S/C17H18BrNO/c18-15-9-13(11-19-12-15)10-17(20)8-4-3-6-14-5-1-2-7-16(14)17/h1-2,5,7,9,11-12,20H,3-4,6,8,10H2. The first-order valence-corrected chi connectivity index (χ1v) is 7.87. The van der Waals surface area contributed by atoms with Crippen LogP contribution in [0.25, 0.3) is 0 Å². The SMILES string of the molecule is OC1(Cc2cncc(Br)c2)CCCCc2ccccc21. The van der Waals surface area contributed by atoms with E-state index in [1.807, 2.05) is 18.3 Å². The third-order valence-electron chi connectivity index (χ3n) is 4.06. The van der Waals surface area contributed by atoms with Gasteiger partial charge in [0.25, 0.3) is 0 Å². The van der Waals surface area contributed by atoms with Gasteiger partial charge in [-0.1, -0.05) is 24.3 Å². The van der Waals surface area contributed by atoms with Gasteiger partial charge in [-0.15, -0.1) is 0 Å². The first-order valence-electron chi connectivity index (χ1n) is 7.08. The number of aromatic nitrogens is 1. The van der Waals surface area contributed by atoms with Crippen LogP contribution in [0.15, 0.2) is 47.2 Å². The topological polar surface area (TPSA) is 33.1 Å². The van der Waals surface area contributed by atoms with Crippen molar-refractivity contribution < 1.29 is 5.11 Å². The van der Waals surface area contributed by atoms with Crippen LogP contribution in [0.5, 0.6) is 0 Å². The van der Waals surface area contributed by atoms with Crippen LogP contribution in [-0.4, -0.2) is 10.1 Å². The van der Waals surface area contributed by atoms with Gasteiger partial charge in [-0.25, -0.2) is 0 Å². The Bertz CT molecular complexity index is 613. The molecule has 1 unspecified atom stereocenters. The molecule has 0 radical (unpaired) electrons. The number of aliphatic hydroxyl groups is 1. The molecule has 1 aliphatic carbocycles. The Labute approximate surface area is 128 Å². The maximum atomic E-state index is 11.2. The van der Waals surface area contributed by atoms with Gasteiger partial charge in [0.1, 0.15) is 0 Å². The fourth-order valence-corrected chi connectivity index (χ4v) is 3.55. The molecular formula is C17H18BrNO. The summed E-state index contributed by atoms with van der Waals surface area (Å²) in [5, 5.41) is 11.2. The van der Waals surface area contributed by atoms with Crippen molar-refractivity contribution in [3.05, 3.63) is 63.9 Å². The quantitative estimate of drug-likeness (QED) is 0.843. The van der Waals surface area contributed by atoms with Gasteiger partial charge in [-0.05, 0) is 64.4 Å². The number of nitrogens with zero attached hydrogens (tertiary/aromatic N) is 1. The summed E-state index contributed by atoms with van der Waals surface area (Å²) >= 11 is 3.45.